The van der Waals surface area contributed by atoms with Crippen molar-refractivity contribution >= 4 is 27.5 Å². The molecule has 0 aromatic heterocycles. The Bertz CT molecular complexity index is 1400. The molecule has 3 aromatic rings. The van der Waals surface area contributed by atoms with E-state index in [0.717, 1.165) is 22.7 Å². The Labute approximate surface area is 243 Å². The van der Waals surface area contributed by atoms with Crippen molar-refractivity contribution in [1.29, 1.82) is 0 Å². The van der Waals surface area contributed by atoms with E-state index in [0.29, 0.717) is 24.5 Å². The fraction of sp³-hybridized carbons (Fsp3) is 0.355. The lowest BCUT2D eigenvalue weighted by atomic mass is 10.1. The Morgan fingerprint density at radius 3 is 2.17 bits per heavy atom. The van der Waals surface area contributed by atoms with Crippen LogP contribution in [0.4, 0.5) is 5.69 Å². The number of benzene rings is 3. The van der Waals surface area contributed by atoms with Gasteiger partial charge >= 0.3 is 0 Å². The predicted octanol–water partition coefficient (Wildman–Crippen LogP) is 4.62. The van der Waals surface area contributed by atoms with Crippen molar-refractivity contribution in [3.05, 3.63) is 84.4 Å². The van der Waals surface area contributed by atoms with Gasteiger partial charge in [0.05, 0.1) is 24.8 Å². The molecule has 0 spiro atoms. The Balaban J connectivity index is 2.05. The van der Waals surface area contributed by atoms with E-state index < -0.39 is 28.5 Å². The number of carbonyl (C=O) groups is 2. The molecule has 41 heavy (non-hydrogen) atoms. The van der Waals surface area contributed by atoms with E-state index in [1.54, 1.807) is 61.7 Å². The summed E-state index contributed by atoms with van der Waals surface area (Å²) in [6.07, 6.45) is 2.07. The van der Waals surface area contributed by atoms with Crippen LogP contribution < -0.4 is 19.1 Å². The van der Waals surface area contributed by atoms with Crippen molar-refractivity contribution in [1.82, 2.24) is 10.2 Å². The molecule has 0 aliphatic heterocycles. The van der Waals surface area contributed by atoms with Crippen molar-refractivity contribution in [3.8, 4) is 11.5 Å². The van der Waals surface area contributed by atoms with Gasteiger partial charge in [0, 0.05) is 19.2 Å². The van der Waals surface area contributed by atoms with Gasteiger partial charge in [-0.15, -0.1) is 0 Å². The van der Waals surface area contributed by atoms with E-state index in [2.05, 4.69) is 5.32 Å². The molecule has 220 valence electrons. The van der Waals surface area contributed by atoms with Crippen molar-refractivity contribution in [2.45, 2.75) is 50.6 Å². The average molecular weight is 582 g/mol. The summed E-state index contributed by atoms with van der Waals surface area (Å²) in [5, 5.41) is 2.93. The number of nitrogens with one attached hydrogen (secondary N) is 1. The second-order valence-corrected chi connectivity index (χ2v) is 11.3. The van der Waals surface area contributed by atoms with Crippen LogP contribution in [0.25, 0.3) is 0 Å². The Kier molecular flexibility index (Phi) is 11.6. The Morgan fingerprint density at radius 2 is 1.54 bits per heavy atom. The van der Waals surface area contributed by atoms with E-state index in [-0.39, 0.29) is 23.0 Å². The van der Waals surface area contributed by atoms with Crippen LogP contribution in [0.15, 0.2) is 83.8 Å². The molecule has 0 fully saturated rings. The molecule has 9 nitrogen and oxygen atoms in total. The molecule has 3 rings (SSSR count). The number of ether oxygens (including phenoxy) is 2. The van der Waals surface area contributed by atoms with Gasteiger partial charge in [0.1, 0.15) is 24.1 Å². The molecule has 2 amide bonds. The highest BCUT2D eigenvalue weighted by atomic mass is 32.2. The zero-order valence-electron chi connectivity index (χ0n) is 24.1. The van der Waals surface area contributed by atoms with E-state index in [9.17, 15) is 18.0 Å². The Morgan fingerprint density at radius 1 is 0.878 bits per heavy atom. The first-order valence-electron chi connectivity index (χ1n) is 13.7. The molecule has 1 N–H and O–H groups in total. The minimum atomic E-state index is -4.15. The summed E-state index contributed by atoms with van der Waals surface area (Å²) in [6, 6.07) is 20.9. The molecule has 3 aromatic carbocycles. The van der Waals surface area contributed by atoms with Gasteiger partial charge in [0.2, 0.25) is 11.8 Å². The normalized spacial score (nSPS) is 11.8. The summed E-state index contributed by atoms with van der Waals surface area (Å²) < 4.78 is 39.5. The molecule has 0 aliphatic carbocycles. The molecule has 0 heterocycles. The number of hydrogen-bond donors (Lipinski definition) is 1. The van der Waals surface area contributed by atoms with Crippen LogP contribution >= 0.6 is 0 Å². The van der Waals surface area contributed by atoms with Crippen molar-refractivity contribution < 1.29 is 27.5 Å². The lowest BCUT2D eigenvalue weighted by Gasteiger charge is -2.33. The average Bonchev–Trinajstić information content (AvgIpc) is 3.00. The van der Waals surface area contributed by atoms with Crippen LogP contribution in [-0.4, -0.2) is 58.5 Å². The first kappa shape index (κ1) is 31.5. The minimum absolute atomic E-state index is 0.0410. The summed E-state index contributed by atoms with van der Waals surface area (Å²) >= 11 is 0. The zero-order valence-corrected chi connectivity index (χ0v) is 24.9. The van der Waals surface area contributed by atoms with Gasteiger partial charge in [-0.2, -0.15) is 0 Å². The topological polar surface area (TPSA) is 105 Å². The maximum absolute atomic E-state index is 14.1. The van der Waals surface area contributed by atoms with Gasteiger partial charge in [0.15, 0.2) is 0 Å². The van der Waals surface area contributed by atoms with E-state index in [1.807, 2.05) is 26.0 Å². The van der Waals surface area contributed by atoms with Crippen LogP contribution in [-0.2, 0) is 26.2 Å². The summed E-state index contributed by atoms with van der Waals surface area (Å²) in [4.78, 5) is 28.9. The smallest absolute Gasteiger partial charge is 0.264 e. The number of hydrogen-bond acceptors (Lipinski definition) is 6. The highest BCUT2D eigenvalue weighted by Crippen LogP contribution is 2.28. The standard InChI is InChI=1S/C31H39N3O6S/c1-5-7-19-32-31(36)29(6-2)33(22-24-13-11-15-26(20-24)39-3)30(35)23-34(25-14-12-16-27(21-25)40-4)41(37,38)28-17-9-8-10-18-28/h8-18,20-21,29H,5-7,19,22-23H2,1-4H3,(H,32,36)/t29-/m1/s1. The first-order valence-corrected chi connectivity index (χ1v) is 15.1. The van der Waals surface area contributed by atoms with Crippen molar-refractivity contribution in [2.75, 3.05) is 31.6 Å². The van der Waals surface area contributed by atoms with E-state index in [1.165, 1.54) is 24.1 Å². The highest BCUT2D eigenvalue weighted by molar-refractivity contribution is 7.92. The second-order valence-electron chi connectivity index (χ2n) is 9.47. The molecule has 0 bridgehead atoms. The fourth-order valence-corrected chi connectivity index (χ4v) is 5.83. The van der Waals surface area contributed by atoms with E-state index in [4.69, 9.17) is 9.47 Å². The van der Waals surface area contributed by atoms with Crippen LogP contribution in [0.5, 0.6) is 11.5 Å². The highest BCUT2D eigenvalue weighted by Gasteiger charge is 2.33. The largest absolute Gasteiger partial charge is 0.497 e. The van der Waals surface area contributed by atoms with Crippen molar-refractivity contribution in [2.24, 2.45) is 0 Å². The van der Waals surface area contributed by atoms with Gasteiger partial charge in [-0.05, 0) is 54.8 Å². The molecular weight excluding hydrogens is 542 g/mol. The number of amides is 2. The summed E-state index contributed by atoms with van der Waals surface area (Å²) in [5.41, 5.74) is 1.01. The molecule has 10 heteroatoms. The molecule has 0 saturated carbocycles. The quantitative estimate of drug-likeness (QED) is 0.263. The van der Waals surface area contributed by atoms with Crippen LogP contribution in [0.2, 0.25) is 0 Å². The Hall–Kier alpha value is -4.05. The molecule has 0 radical (unpaired) electrons. The van der Waals surface area contributed by atoms with Gasteiger partial charge in [-0.3, -0.25) is 13.9 Å². The zero-order chi connectivity index (χ0) is 29.8. The number of anilines is 1. The molecule has 0 aliphatic rings. The third-order valence-corrected chi connectivity index (χ3v) is 8.44. The fourth-order valence-electron chi connectivity index (χ4n) is 4.41. The second kappa shape index (κ2) is 15.1. The third kappa shape index (κ3) is 8.23. The number of sulfonamides is 1. The molecule has 0 saturated heterocycles. The molecule has 1 atom stereocenters. The van der Waals surface area contributed by atoms with E-state index >= 15 is 0 Å². The number of methoxy groups -OCH3 is 2. The summed E-state index contributed by atoms with van der Waals surface area (Å²) in [6.45, 7) is 3.92. The maximum Gasteiger partial charge on any atom is 0.264 e. The van der Waals surface area contributed by atoms with Gasteiger partial charge in [0.25, 0.3) is 10.0 Å². The van der Waals surface area contributed by atoms with Crippen LogP contribution in [0.3, 0.4) is 0 Å². The third-order valence-electron chi connectivity index (χ3n) is 6.65. The number of carbonyl (C=O) groups excluding carboxylic acids is 2. The van der Waals surface area contributed by atoms with Crippen molar-refractivity contribution in [3.63, 3.8) is 0 Å². The lowest BCUT2D eigenvalue weighted by Crippen LogP contribution is -2.52. The summed E-state index contributed by atoms with van der Waals surface area (Å²) in [7, 11) is -1.11. The van der Waals surface area contributed by atoms with Gasteiger partial charge in [-0.25, -0.2) is 8.42 Å². The number of unbranched alkanes of at least 4 members (excludes halogenated alkanes) is 1. The monoisotopic (exact) mass is 581 g/mol. The lowest BCUT2D eigenvalue weighted by molar-refractivity contribution is -0.140. The number of nitrogens with zero attached hydrogens (tertiary/aromatic N) is 2. The first-order chi connectivity index (χ1) is 19.7. The van der Waals surface area contributed by atoms with Gasteiger partial charge in [-0.1, -0.05) is 56.7 Å². The van der Waals surface area contributed by atoms with Crippen LogP contribution in [0, 0.1) is 0 Å². The maximum atomic E-state index is 14.1. The minimum Gasteiger partial charge on any atom is -0.497 e. The summed E-state index contributed by atoms with van der Waals surface area (Å²) in [5.74, 6) is 0.252. The predicted molar refractivity (Wildman–Crippen MR) is 160 cm³/mol. The molecule has 0 unspecified atom stereocenters. The van der Waals surface area contributed by atoms with Gasteiger partial charge < -0.3 is 19.7 Å². The number of rotatable bonds is 15. The van der Waals surface area contributed by atoms with Crippen LogP contribution in [0.1, 0.15) is 38.7 Å². The SMILES string of the molecule is CCCCNC(=O)[C@@H](CC)N(Cc1cccc(OC)c1)C(=O)CN(c1cccc(OC)c1)S(=O)(=O)c1ccccc1. The molecular formula is C31H39N3O6S.